The van der Waals surface area contributed by atoms with E-state index in [0.29, 0.717) is 5.56 Å². The van der Waals surface area contributed by atoms with Crippen molar-refractivity contribution in [2.75, 3.05) is 0 Å². The molecule has 0 unspecified atom stereocenters. The molecule has 1 aromatic heterocycles. The van der Waals surface area contributed by atoms with Crippen LogP contribution in [0, 0.1) is 0 Å². The molecule has 0 aliphatic heterocycles. The minimum atomic E-state index is -0.889. The normalized spacial score (nSPS) is 10.7. The molecule has 0 saturated carbocycles. The van der Waals surface area contributed by atoms with Crippen molar-refractivity contribution in [2.24, 2.45) is 0 Å². The first-order valence-electron chi connectivity index (χ1n) is 8.31. The second kappa shape index (κ2) is 9.03. The number of carboxylic acid groups (broad SMARTS) is 1. The molecule has 0 radical (unpaired) electrons. The molecule has 0 atom stereocenters. The van der Waals surface area contributed by atoms with Gasteiger partial charge in [-0.1, -0.05) is 38.3 Å². The Hall–Kier alpha value is -2.23. The summed E-state index contributed by atoms with van der Waals surface area (Å²) in [5, 5.41) is 8.88. The second-order valence-corrected chi connectivity index (χ2v) is 5.82. The predicted octanol–water partition coefficient (Wildman–Crippen LogP) is 4.08. The van der Waals surface area contributed by atoms with E-state index < -0.39 is 5.97 Å². The van der Waals surface area contributed by atoms with Crippen molar-refractivity contribution < 1.29 is 9.90 Å². The molecule has 0 amide bonds. The fourth-order valence-electron chi connectivity index (χ4n) is 2.45. The van der Waals surface area contributed by atoms with E-state index in [4.69, 9.17) is 5.11 Å². The van der Waals surface area contributed by atoms with Crippen LogP contribution in [-0.4, -0.2) is 21.0 Å². The third-order valence-corrected chi connectivity index (χ3v) is 3.92. The summed E-state index contributed by atoms with van der Waals surface area (Å²) in [5.74, 6) is 0.0372. The van der Waals surface area contributed by atoms with Crippen LogP contribution in [0.5, 0.6) is 0 Å². The zero-order chi connectivity index (χ0) is 16.5. The molecule has 23 heavy (non-hydrogen) atoms. The molecule has 0 saturated heterocycles. The van der Waals surface area contributed by atoms with E-state index in [-0.39, 0.29) is 0 Å². The average molecular weight is 312 g/mol. The van der Waals surface area contributed by atoms with Crippen molar-refractivity contribution in [3.63, 3.8) is 0 Å². The third-order valence-electron chi connectivity index (χ3n) is 3.92. The summed E-state index contributed by atoms with van der Waals surface area (Å²) in [7, 11) is 0. The van der Waals surface area contributed by atoms with Gasteiger partial charge in [0.1, 0.15) is 5.82 Å². The number of carbonyl (C=O) groups is 1. The standard InChI is InChI=1S/C19H24N2O2/c1-2-3-4-5-6-18-20-13-16(14-21-18)8-7-15-9-11-17(12-10-15)19(22)23/h9-14H,2-8H2,1H3,(H,22,23). The fraction of sp³-hybridized carbons (Fsp3) is 0.421. The molecular formula is C19H24N2O2. The maximum Gasteiger partial charge on any atom is 0.335 e. The number of unbranched alkanes of at least 4 members (excludes halogenated alkanes) is 3. The average Bonchev–Trinajstić information content (AvgIpc) is 2.58. The van der Waals surface area contributed by atoms with E-state index >= 15 is 0 Å². The minimum absolute atomic E-state index is 0.324. The minimum Gasteiger partial charge on any atom is -0.478 e. The van der Waals surface area contributed by atoms with Crippen molar-refractivity contribution in [2.45, 2.75) is 51.9 Å². The molecule has 0 aliphatic rings. The number of carboxylic acids is 1. The largest absolute Gasteiger partial charge is 0.478 e. The topological polar surface area (TPSA) is 63.1 Å². The Morgan fingerprint density at radius 1 is 0.913 bits per heavy atom. The molecule has 0 spiro atoms. The monoisotopic (exact) mass is 312 g/mol. The van der Waals surface area contributed by atoms with Crippen LogP contribution in [0.25, 0.3) is 0 Å². The number of aromatic nitrogens is 2. The molecular weight excluding hydrogens is 288 g/mol. The second-order valence-electron chi connectivity index (χ2n) is 5.82. The smallest absolute Gasteiger partial charge is 0.335 e. The summed E-state index contributed by atoms with van der Waals surface area (Å²) in [6.07, 6.45) is 11.4. The quantitative estimate of drug-likeness (QED) is 0.709. The SMILES string of the molecule is CCCCCCc1ncc(CCc2ccc(C(=O)O)cc2)cn1. The van der Waals surface area contributed by atoms with Gasteiger partial charge in [-0.15, -0.1) is 0 Å². The van der Waals surface area contributed by atoms with Gasteiger partial charge in [0.15, 0.2) is 0 Å². The molecule has 4 nitrogen and oxygen atoms in total. The van der Waals surface area contributed by atoms with Crippen molar-refractivity contribution in [3.05, 3.63) is 59.2 Å². The fourth-order valence-corrected chi connectivity index (χ4v) is 2.45. The van der Waals surface area contributed by atoms with E-state index in [1.165, 1.54) is 19.3 Å². The van der Waals surface area contributed by atoms with Gasteiger partial charge in [0.05, 0.1) is 5.56 Å². The number of hydrogen-bond donors (Lipinski definition) is 1. The zero-order valence-corrected chi connectivity index (χ0v) is 13.7. The van der Waals surface area contributed by atoms with Gasteiger partial charge in [0.25, 0.3) is 0 Å². The van der Waals surface area contributed by atoms with Crippen LogP contribution in [0.2, 0.25) is 0 Å². The first-order chi connectivity index (χ1) is 11.2. The van der Waals surface area contributed by atoms with Crippen LogP contribution >= 0.6 is 0 Å². The number of benzene rings is 1. The summed E-state index contributed by atoms with van der Waals surface area (Å²) in [6.45, 7) is 2.21. The van der Waals surface area contributed by atoms with Crippen LogP contribution in [0.1, 0.15) is 59.9 Å². The Balaban J connectivity index is 1.80. The summed E-state index contributed by atoms with van der Waals surface area (Å²) in [6, 6.07) is 7.03. The number of nitrogens with zero attached hydrogens (tertiary/aromatic N) is 2. The summed E-state index contributed by atoms with van der Waals surface area (Å²) < 4.78 is 0. The Labute approximate surface area is 137 Å². The van der Waals surface area contributed by atoms with Crippen LogP contribution in [-0.2, 0) is 19.3 Å². The summed E-state index contributed by atoms with van der Waals surface area (Å²) >= 11 is 0. The molecule has 4 heteroatoms. The molecule has 0 aliphatic carbocycles. The Morgan fingerprint density at radius 2 is 1.57 bits per heavy atom. The van der Waals surface area contributed by atoms with Crippen molar-refractivity contribution in [1.29, 1.82) is 0 Å². The summed E-state index contributed by atoms with van der Waals surface area (Å²) in [5.41, 5.74) is 2.56. The van der Waals surface area contributed by atoms with Gasteiger partial charge in [-0.05, 0) is 42.5 Å². The molecule has 0 bridgehead atoms. The van der Waals surface area contributed by atoms with E-state index in [2.05, 4.69) is 16.9 Å². The highest BCUT2D eigenvalue weighted by atomic mass is 16.4. The number of hydrogen-bond acceptors (Lipinski definition) is 3. The van der Waals surface area contributed by atoms with E-state index in [9.17, 15) is 4.79 Å². The van der Waals surface area contributed by atoms with Crippen molar-refractivity contribution in [1.82, 2.24) is 9.97 Å². The van der Waals surface area contributed by atoms with Gasteiger partial charge in [-0.2, -0.15) is 0 Å². The molecule has 1 N–H and O–H groups in total. The molecule has 2 aromatic rings. The van der Waals surface area contributed by atoms with Crippen LogP contribution in [0.3, 0.4) is 0 Å². The van der Waals surface area contributed by atoms with E-state index in [1.807, 2.05) is 24.5 Å². The molecule has 1 heterocycles. The molecule has 122 valence electrons. The lowest BCUT2D eigenvalue weighted by Crippen LogP contribution is -1.99. The number of rotatable bonds is 9. The highest BCUT2D eigenvalue weighted by molar-refractivity contribution is 5.87. The van der Waals surface area contributed by atoms with Gasteiger partial charge in [-0.25, -0.2) is 14.8 Å². The maximum absolute atomic E-state index is 10.8. The van der Waals surface area contributed by atoms with Gasteiger partial charge in [0.2, 0.25) is 0 Å². The Morgan fingerprint density at radius 3 is 2.17 bits per heavy atom. The van der Waals surface area contributed by atoms with Gasteiger partial charge >= 0.3 is 5.97 Å². The van der Waals surface area contributed by atoms with Crippen molar-refractivity contribution in [3.8, 4) is 0 Å². The maximum atomic E-state index is 10.8. The van der Waals surface area contributed by atoms with E-state index in [0.717, 1.165) is 42.6 Å². The van der Waals surface area contributed by atoms with Gasteiger partial charge in [0, 0.05) is 18.8 Å². The van der Waals surface area contributed by atoms with Crippen LogP contribution in [0.15, 0.2) is 36.7 Å². The molecule has 2 rings (SSSR count). The van der Waals surface area contributed by atoms with Crippen LogP contribution in [0.4, 0.5) is 0 Å². The molecule has 1 aromatic carbocycles. The van der Waals surface area contributed by atoms with Gasteiger partial charge < -0.3 is 5.11 Å². The number of aromatic carboxylic acids is 1. The third kappa shape index (κ3) is 5.81. The summed E-state index contributed by atoms with van der Waals surface area (Å²) in [4.78, 5) is 19.7. The highest BCUT2D eigenvalue weighted by Crippen LogP contribution is 2.09. The van der Waals surface area contributed by atoms with Crippen molar-refractivity contribution >= 4 is 5.97 Å². The predicted molar refractivity (Wildman–Crippen MR) is 90.7 cm³/mol. The first kappa shape index (κ1) is 17.1. The lowest BCUT2D eigenvalue weighted by atomic mass is 10.0. The van der Waals surface area contributed by atoms with Gasteiger partial charge in [-0.3, -0.25) is 0 Å². The van der Waals surface area contributed by atoms with Crippen LogP contribution < -0.4 is 0 Å². The highest BCUT2D eigenvalue weighted by Gasteiger charge is 2.03. The van der Waals surface area contributed by atoms with E-state index in [1.54, 1.807) is 12.1 Å². The lowest BCUT2D eigenvalue weighted by Gasteiger charge is -2.04. The number of aryl methyl sites for hydroxylation is 3. The molecule has 0 fully saturated rings. The lowest BCUT2D eigenvalue weighted by molar-refractivity contribution is 0.0697. The zero-order valence-electron chi connectivity index (χ0n) is 13.7. The first-order valence-corrected chi connectivity index (χ1v) is 8.31. The Kier molecular flexibility index (Phi) is 6.73. The Bertz CT molecular complexity index is 606.